The normalized spacial score (nSPS) is 17.9. The zero-order valence-corrected chi connectivity index (χ0v) is 8.89. The Morgan fingerprint density at radius 1 is 1.38 bits per heavy atom. The predicted molar refractivity (Wildman–Crippen MR) is 52.9 cm³/mol. The van der Waals surface area contributed by atoms with Crippen LogP contribution in [-0.2, 0) is 9.53 Å². The molecule has 0 spiro atoms. The molecule has 2 N–H and O–H groups in total. The number of hydrogen-bond acceptors (Lipinski definition) is 3. The second-order valence-corrected chi connectivity index (χ2v) is 3.63. The molecule has 1 aliphatic heterocycles. The molecule has 0 atom stereocenters. The molecule has 0 aromatic rings. The van der Waals surface area contributed by atoms with Crippen LogP contribution < -0.4 is 5.73 Å². The molecule has 0 unspecified atom stereocenters. The van der Waals surface area contributed by atoms with Crippen LogP contribution in [0.15, 0.2) is 0 Å². The van der Waals surface area contributed by atoms with Crippen LogP contribution in [0.2, 0.25) is 0 Å². The van der Waals surface area contributed by atoms with Crippen molar-refractivity contribution >= 4 is 18.3 Å². The zero-order chi connectivity index (χ0) is 9.19. The molecule has 13 heavy (non-hydrogen) atoms. The van der Waals surface area contributed by atoms with Gasteiger partial charge in [-0.25, -0.2) is 0 Å². The first-order valence-electron chi connectivity index (χ1n) is 4.18. The second-order valence-electron chi connectivity index (χ2n) is 3.63. The van der Waals surface area contributed by atoms with Crippen LogP contribution in [0.5, 0.6) is 0 Å². The van der Waals surface area contributed by atoms with Crippen molar-refractivity contribution < 1.29 is 9.53 Å². The van der Waals surface area contributed by atoms with Crippen molar-refractivity contribution in [3.63, 3.8) is 0 Å². The minimum Gasteiger partial charge on any atom is -0.378 e. The van der Waals surface area contributed by atoms with Crippen LogP contribution in [0.3, 0.4) is 0 Å². The molecule has 0 saturated carbocycles. The summed E-state index contributed by atoms with van der Waals surface area (Å²) >= 11 is 0. The highest BCUT2D eigenvalue weighted by Gasteiger charge is 2.28. The Kier molecular flexibility index (Phi) is 4.67. The molecule has 5 heteroatoms. The Bertz CT molecular complexity index is 173. The van der Waals surface area contributed by atoms with Crippen LogP contribution in [0.4, 0.5) is 0 Å². The van der Waals surface area contributed by atoms with E-state index in [1.165, 1.54) is 0 Å². The van der Waals surface area contributed by atoms with Crippen molar-refractivity contribution in [1.82, 2.24) is 4.90 Å². The van der Waals surface area contributed by atoms with Crippen LogP contribution >= 0.6 is 12.4 Å². The van der Waals surface area contributed by atoms with E-state index in [1.54, 1.807) is 18.7 Å². The first kappa shape index (κ1) is 12.7. The molecule has 0 aromatic heterocycles. The molecule has 1 aliphatic rings. The average molecular weight is 209 g/mol. The van der Waals surface area contributed by atoms with Crippen LogP contribution in [0.25, 0.3) is 0 Å². The Morgan fingerprint density at radius 3 is 2.23 bits per heavy atom. The summed E-state index contributed by atoms with van der Waals surface area (Å²) in [5.74, 6) is 0.00537. The molecule has 1 heterocycles. The van der Waals surface area contributed by atoms with Gasteiger partial charge in [-0.15, -0.1) is 12.4 Å². The van der Waals surface area contributed by atoms with Gasteiger partial charge in [-0.1, -0.05) is 0 Å². The van der Waals surface area contributed by atoms with Gasteiger partial charge in [-0.05, 0) is 13.8 Å². The predicted octanol–water partition coefficient (Wildman–Crippen LogP) is 0.00430. The lowest BCUT2D eigenvalue weighted by Crippen LogP contribution is -2.54. The van der Waals surface area contributed by atoms with E-state index in [2.05, 4.69) is 0 Å². The van der Waals surface area contributed by atoms with Gasteiger partial charge in [0, 0.05) is 13.1 Å². The lowest BCUT2D eigenvalue weighted by atomic mass is 10.1. The van der Waals surface area contributed by atoms with E-state index in [1.807, 2.05) is 0 Å². The van der Waals surface area contributed by atoms with Crippen molar-refractivity contribution in [2.45, 2.75) is 19.4 Å². The highest BCUT2D eigenvalue weighted by atomic mass is 35.5. The first-order valence-corrected chi connectivity index (χ1v) is 4.18. The molecule has 0 aliphatic carbocycles. The summed E-state index contributed by atoms with van der Waals surface area (Å²) in [7, 11) is 0. The third-order valence-corrected chi connectivity index (χ3v) is 1.85. The molecular weight excluding hydrogens is 192 g/mol. The van der Waals surface area contributed by atoms with E-state index in [-0.39, 0.29) is 18.3 Å². The second kappa shape index (κ2) is 4.79. The molecule has 4 nitrogen and oxygen atoms in total. The SMILES string of the molecule is CC(C)(N)C(=O)N1CCOCC1.Cl. The number of carbonyl (C=O) groups is 1. The van der Waals surface area contributed by atoms with E-state index in [4.69, 9.17) is 10.5 Å². The van der Waals surface area contributed by atoms with Crippen molar-refractivity contribution in [3.8, 4) is 0 Å². The minimum atomic E-state index is -0.753. The topological polar surface area (TPSA) is 55.6 Å². The van der Waals surface area contributed by atoms with Crippen LogP contribution in [0, 0.1) is 0 Å². The summed E-state index contributed by atoms with van der Waals surface area (Å²) in [5, 5.41) is 0. The van der Waals surface area contributed by atoms with Gasteiger partial charge in [-0.3, -0.25) is 4.79 Å². The Balaban J connectivity index is 0.00000144. The molecular formula is C8H17ClN2O2. The van der Waals surface area contributed by atoms with Crippen LogP contribution in [0.1, 0.15) is 13.8 Å². The molecule has 1 amide bonds. The third-order valence-electron chi connectivity index (χ3n) is 1.85. The number of hydrogen-bond donors (Lipinski definition) is 1. The van der Waals surface area contributed by atoms with Crippen molar-refractivity contribution in [2.24, 2.45) is 5.73 Å². The Hall–Kier alpha value is -0.320. The van der Waals surface area contributed by atoms with Crippen molar-refractivity contribution in [2.75, 3.05) is 26.3 Å². The zero-order valence-electron chi connectivity index (χ0n) is 8.08. The van der Waals surface area contributed by atoms with E-state index >= 15 is 0 Å². The van der Waals surface area contributed by atoms with Crippen molar-refractivity contribution in [1.29, 1.82) is 0 Å². The van der Waals surface area contributed by atoms with Gasteiger partial charge >= 0.3 is 0 Å². The number of nitrogens with two attached hydrogens (primary N) is 1. The number of ether oxygens (including phenoxy) is 1. The summed E-state index contributed by atoms with van der Waals surface area (Å²) in [6.45, 7) is 6.04. The van der Waals surface area contributed by atoms with Crippen molar-refractivity contribution in [3.05, 3.63) is 0 Å². The highest BCUT2D eigenvalue weighted by molar-refractivity contribution is 5.85. The maximum absolute atomic E-state index is 11.6. The van der Waals surface area contributed by atoms with Gasteiger partial charge in [0.1, 0.15) is 0 Å². The third kappa shape index (κ3) is 3.50. The Morgan fingerprint density at radius 2 is 1.85 bits per heavy atom. The largest absolute Gasteiger partial charge is 0.378 e. The van der Waals surface area contributed by atoms with Gasteiger partial charge in [0.15, 0.2) is 0 Å². The molecule has 0 bridgehead atoms. The standard InChI is InChI=1S/C8H16N2O2.ClH/c1-8(2,9)7(11)10-3-5-12-6-4-10;/h3-6,9H2,1-2H3;1H. The fraction of sp³-hybridized carbons (Fsp3) is 0.875. The maximum Gasteiger partial charge on any atom is 0.242 e. The van der Waals surface area contributed by atoms with Gasteiger partial charge in [-0.2, -0.15) is 0 Å². The summed E-state index contributed by atoms with van der Waals surface area (Å²) < 4.78 is 5.13. The Labute approximate surface area is 84.8 Å². The summed E-state index contributed by atoms with van der Waals surface area (Å²) in [6, 6.07) is 0. The van der Waals surface area contributed by atoms with Gasteiger partial charge < -0.3 is 15.4 Å². The number of halogens is 1. The fourth-order valence-corrected chi connectivity index (χ4v) is 1.17. The van der Waals surface area contributed by atoms with E-state index in [0.717, 1.165) is 0 Å². The minimum absolute atomic E-state index is 0. The lowest BCUT2D eigenvalue weighted by Gasteiger charge is -2.32. The van der Waals surface area contributed by atoms with Crippen LogP contribution in [-0.4, -0.2) is 42.6 Å². The van der Waals surface area contributed by atoms with Gasteiger partial charge in [0.05, 0.1) is 18.8 Å². The maximum atomic E-state index is 11.6. The quantitative estimate of drug-likeness (QED) is 0.660. The highest BCUT2D eigenvalue weighted by Crippen LogP contribution is 2.06. The average Bonchev–Trinajstić information content (AvgIpc) is 2.03. The fourth-order valence-electron chi connectivity index (χ4n) is 1.17. The number of amides is 1. The van der Waals surface area contributed by atoms with Gasteiger partial charge in [0.25, 0.3) is 0 Å². The number of nitrogens with zero attached hydrogens (tertiary/aromatic N) is 1. The molecule has 1 saturated heterocycles. The van der Waals surface area contributed by atoms with E-state index in [0.29, 0.717) is 26.3 Å². The summed E-state index contributed by atoms with van der Waals surface area (Å²) in [5.41, 5.74) is 4.93. The monoisotopic (exact) mass is 208 g/mol. The number of carbonyl (C=O) groups excluding carboxylic acids is 1. The number of rotatable bonds is 1. The molecule has 0 radical (unpaired) electrons. The summed E-state index contributed by atoms with van der Waals surface area (Å²) in [4.78, 5) is 13.3. The molecule has 0 aromatic carbocycles. The van der Waals surface area contributed by atoms with Gasteiger partial charge in [0.2, 0.25) is 5.91 Å². The smallest absolute Gasteiger partial charge is 0.242 e. The first-order chi connectivity index (χ1) is 5.52. The molecule has 1 fully saturated rings. The summed E-state index contributed by atoms with van der Waals surface area (Å²) in [6.07, 6.45) is 0. The van der Waals surface area contributed by atoms with E-state index < -0.39 is 5.54 Å². The number of morpholine rings is 1. The lowest BCUT2D eigenvalue weighted by molar-refractivity contribution is -0.139. The molecule has 78 valence electrons. The van der Waals surface area contributed by atoms with E-state index in [9.17, 15) is 4.79 Å². The molecule has 1 rings (SSSR count).